The second-order valence-electron chi connectivity index (χ2n) is 4.69. The van der Waals surface area contributed by atoms with Crippen LogP contribution in [0, 0.1) is 0 Å². The molecule has 1 N–H and O–H groups in total. The average molecular weight is 304 g/mol. The number of alkyl halides is 1. The number of sulfonamides is 1. The van der Waals surface area contributed by atoms with Crippen LogP contribution in [0.15, 0.2) is 23.1 Å². The Morgan fingerprint density at radius 3 is 2.84 bits per heavy atom. The van der Waals surface area contributed by atoms with E-state index in [0.717, 1.165) is 24.8 Å². The molecule has 0 heterocycles. The lowest BCUT2D eigenvalue weighted by atomic mass is 10.1. The molecular weight excluding hydrogens is 286 g/mol. The molecule has 4 nitrogen and oxygen atoms in total. The minimum Gasteiger partial charge on any atom is -0.383 e. The first-order chi connectivity index (χ1) is 9.03. The third-order valence-electron chi connectivity index (χ3n) is 3.22. The molecule has 1 aliphatic rings. The maximum Gasteiger partial charge on any atom is 0.240 e. The normalized spacial score (nSPS) is 16.3. The first-order valence-electron chi connectivity index (χ1n) is 6.27. The number of hydrogen-bond acceptors (Lipinski definition) is 3. The fraction of sp³-hybridized carbons (Fsp3) is 0.538. The molecule has 0 bridgehead atoms. The van der Waals surface area contributed by atoms with Crippen LogP contribution in [0.1, 0.15) is 17.5 Å². The number of rotatable bonds is 6. The van der Waals surface area contributed by atoms with Crippen molar-refractivity contribution in [3.8, 4) is 0 Å². The van der Waals surface area contributed by atoms with E-state index in [9.17, 15) is 8.42 Å². The molecule has 1 unspecified atom stereocenters. The molecule has 0 aromatic heterocycles. The van der Waals surface area contributed by atoms with Crippen LogP contribution in [0.2, 0.25) is 0 Å². The van der Waals surface area contributed by atoms with Crippen LogP contribution < -0.4 is 4.72 Å². The Labute approximate surface area is 119 Å². The summed E-state index contributed by atoms with van der Waals surface area (Å²) >= 11 is 5.92. The first kappa shape index (κ1) is 14.8. The highest BCUT2D eigenvalue weighted by Crippen LogP contribution is 2.24. The van der Waals surface area contributed by atoms with Crippen molar-refractivity contribution in [3.63, 3.8) is 0 Å². The van der Waals surface area contributed by atoms with Crippen molar-refractivity contribution in [3.05, 3.63) is 29.3 Å². The van der Waals surface area contributed by atoms with Crippen molar-refractivity contribution < 1.29 is 13.2 Å². The molecule has 1 aliphatic carbocycles. The number of halogens is 1. The minimum atomic E-state index is -3.49. The third-order valence-corrected chi connectivity index (χ3v) is 4.92. The number of methoxy groups -OCH3 is 1. The SMILES string of the molecule is COCC(Cl)CNS(=O)(=O)c1ccc2c(c1)CCC2. The van der Waals surface area contributed by atoms with Gasteiger partial charge in [-0.05, 0) is 42.5 Å². The Morgan fingerprint density at radius 2 is 2.11 bits per heavy atom. The summed E-state index contributed by atoms with van der Waals surface area (Å²) in [5.41, 5.74) is 2.40. The van der Waals surface area contributed by atoms with Gasteiger partial charge in [0.25, 0.3) is 0 Å². The van der Waals surface area contributed by atoms with Gasteiger partial charge < -0.3 is 4.74 Å². The van der Waals surface area contributed by atoms with E-state index in [4.69, 9.17) is 16.3 Å². The van der Waals surface area contributed by atoms with Gasteiger partial charge in [0, 0.05) is 13.7 Å². The Kier molecular flexibility index (Phi) is 4.84. The molecule has 6 heteroatoms. The zero-order chi connectivity index (χ0) is 13.9. The van der Waals surface area contributed by atoms with E-state index in [1.54, 1.807) is 12.1 Å². The summed E-state index contributed by atoms with van der Waals surface area (Å²) in [5, 5.41) is -0.366. The predicted octanol–water partition coefficient (Wildman–Crippen LogP) is 1.71. The zero-order valence-electron chi connectivity index (χ0n) is 10.9. The molecule has 1 aromatic carbocycles. The van der Waals surface area contributed by atoms with E-state index in [0.29, 0.717) is 11.5 Å². The maximum absolute atomic E-state index is 12.1. The van der Waals surface area contributed by atoms with Crippen molar-refractivity contribution in [2.24, 2.45) is 0 Å². The second kappa shape index (κ2) is 6.22. The molecule has 2 rings (SSSR count). The van der Waals surface area contributed by atoms with Crippen LogP contribution in [0.3, 0.4) is 0 Å². The van der Waals surface area contributed by atoms with Crippen molar-refractivity contribution in [1.29, 1.82) is 0 Å². The smallest absolute Gasteiger partial charge is 0.240 e. The molecule has 0 saturated heterocycles. The molecule has 0 spiro atoms. The zero-order valence-corrected chi connectivity index (χ0v) is 12.4. The van der Waals surface area contributed by atoms with Crippen molar-refractivity contribution in [2.45, 2.75) is 29.5 Å². The van der Waals surface area contributed by atoms with Crippen LogP contribution >= 0.6 is 11.6 Å². The average Bonchev–Trinajstić information content (AvgIpc) is 2.84. The van der Waals surface area contributed by atoms with E-state index in [1.807, 2.05) is 6.07 Å². The summed E-state index contributed by atoms with van der Waals surface area (Å²) in [6.07, 6.45) is 3.10. The lowest BCUT2D eigenvalue weighted by Gasteiger charge is -2.11. The number of ether oxygens (including phenoxy) is 1. The molecule has 0 amide bonds. The number of fused-ring (bicyclic) bond motifs is 1. The van der Waals surface area contributed by atoms with Crippen molar-refractivity contribution in [1.82, 2.24) is 4.72 Å². The molecule has 106 valence electrons. The van der Waals surface area contributed by atoms with Crippen LogP contribution in [0.4, 0.5) is 0 Å². The Hall–Kier alpha value is -0.620. The van der Waals surface area contributed by atoms with Crippen molar-refractivity contribution in [2.75, 3.05) is 20.3 Å². The second-order valence-corrected chi connectivity index (χ2v) is 7.07. The number of hydrogen-bond donors (Lipinski definition) is 1. The summed E-state index contributed by atoms with van der Waals surface area (Å²) in [7, 11) is -1.95. The minimum absolute atomic E-state index is 0.162. The molecule has 19 heavy (non-hydrogen) atoms. The topological polar surface area (TPSA) is 55.4 Å². The molecular formula is C13H18ClNO3S. The summed E-state index contributed by atoms with van der Waals surface area (Å²) < 4.78 is 31.6. The lowest BCUT2D eigenvalue weighted by molar-refractivity contribution is 0.198. The molecule has 0 radical (unpaired) electrons. The fourth-order valence-electron chi connectivity index (χ4n) is 2.24. The van der Waals surface area contributed by atoms with E-state index >= 15 is 0 Å². The lowest BCUT2D eigenvalue weighted by Crippen LogP contribution is -2.31. The molecule has 0 aliphatic heterocycles. The summed E-state index contributed by atoms with van der Waals surface area (Å²) in [4.78, 5) is 0.314. The molecule has 0 fully saturated rings. The maximum atomic E-state index is 12.1. The fourth-order valence-corrected chi connectivity index (χ4v) is 3.67. The van der Waals surface area contributed by atoms with Gasteiger partial charge in [-0.15, -0.1) is 11.6 Å². The summed E-state index contributed by atoms with van der Waals surface area (Å²) in [5.74, 6) is 0. The predicted molar refractivity (Wildman–Crippen MR) is 75.2 cm³/mol. The highest BCUT2D eigenvalue weighted by Gasteiger charge is 2.19. The third kappa shape index (κ3) is 3.69. The highest BCUT2D eigenvalue weighted by atomic mass is 35.5. The first-order valence-corrected chi connectivity index (χ1v) is 8.19. The van der Waals surface area contributed by atoms with E-state index in [-0.39, 0.29) is 11.9 Å². The summed E-state index contributed by atoms with van der Waals surface area (Å²) in [6.45, 7) is 0.475. The van der Waals surface area contributed by atoms with Gasteiger partial charge >= 0.3 is 0 Å². The summed E-state index contributed by atoms with van der Waals surface area (Å²) in [6, 6.07) is 5.33. The number of nitrogens with one attached hydrogen (secondary N) is 1. The van der Waals surface area contributed by atoms with Gasteiger partial charge in [0.05, 0.1) is 16.9 Å². The van der Waals surface area contributed by atoms with E-state index in [1.165, 1.54) is 12.7 Å². The number of aryl methyl sites for hydroxylation is 2. The largest absolute Gasteiger partial charge is 0.383 e. The Morgan fingerprint density at radius 1 is 1.37 bits per heavy atom. The Balaban J connectivity index is 2.07. The quantitative estimate of drug-likeness (QED) is 0.814. The molecule has 1 aromatic rings. The molecule has 1 atom stereocenters. The van der Waals surface area contributed by atoms with Gasteiger partial charge in [-0.2, -0.15) is 0 Å². The number of benzene rings is 1. The van der Waals surface area contributed by atoms with E-state index < -0.39 is 10.0 Å². The van der Waals surface area contributed by atoms with Gasteiger partial charge in [0.1, 0.15) is 0 Å². The van der Waals surface area contributed by atoms with Crippen LogP contribution in [-0.2, 0) is 27.6 Å². The molecule has 0 saturated carbocycles. The van der Waals surface area contributed by atoms with Gasteiger partial charge in [-0.1, -0.05) is 6.07 Å². The van der Waals surface area contributed by atoms with E-state index in [2.05, 4.69) is 4.72 Å². The highest BCUT2D eigenvalue weighted by molar-refractivity contribution is 7.89. The Bertz CT molecular complexity index is 545. The van der Waals surface area contributed by atoms with Gasteiger partial charge in [0.15, 0.2) is 0 Å². The van der Waals surface area contributed by atoms with Crippen LogP contribution in [0.25, 0.3) is 0 Å². The van der Waals surface area contributed by atoms with Crippen molar-refractivity contribution >= 4 is 21.6 Å². The van der Waals surface area contributed by atoms with Crippen LogP contribution in [-0.4, -0.2) is 34.1 Å². The van der Waals surface area contributed by atoms with Crippen LogP contribution in [0.5, 0.6) is 0 Å². The monoisotopic (exact) mass is 303 g/mol. The van der Waals surface area contributed by atoms with Gasteiger partial charge in [0.2, 0.25) is 10.0 Å². The van der Waals surface area contributed by atoms with Gasteiger partial charge in [-0.25, -0.2) is 13.1 Å². The standard InChI is InChI=1S/C13H18ClNO3S/c1-18-9-12(14)8-15-19(16,17)13-6-5-10-3-2-4-11(10)7-13/h5-7,12,15H,2-4,8-9H2,1H3. The van der Waals surface area contributed by atoms with Gasteiger partial charge in [-0.3, -0.25) is 0 Å².